The third kappa shape index (κ3) is 2.00. The van der Waals surface area contributed by atoms with Crippen LogP contribution in [0.25, 0.3) is 16.6 Å². The molecule has 0 saturated carbocycles. The molecule has 0 aliphatic carbocycles. The molecule has 0 saturated heterocycles. The van der Waals surface area contributed by atoms with Crippen molar-refractivity contribution in [3.8, 4) is 5.69 Å². The average Bonchev–Trinajstić information content (AvgIpc) is 2.82. The van der Waals surface area contributed by atoms with Crippen LogP contribution in [0.3, 0.4) is 0 Å². The fourth-order valence-corrected chi connectivity index (χ4v) is 2.33. The number of nitrogens with zero attached hydrogens (tertiary/aromatic N) is 3. The van der Waals surface area contributed by atoms with E-state index in [0.717, 1.165) is 10.9 Å². The van der Waals surface area contributed by atoms with Crippen molar-refractivity contribution >= 4 is 32.5 Å². The maximum atomic E-state index is 11.1. The minimum atomic E-state index is -0.406. The van der Waals surface area contributed by atoms with E-state index in [9.17, 15) is 10.1 Å². The molecule has 0 radical (unpaired) electrons. The number of benzene rings is 2. The van der Waals surface area contributed by atoms with Gasteiger partial charge in [0.25, 0.3) is 5.69 Å². The van der Waals surface area contributed by atoms with Crippen LogP contribution in [0.15, 0.2) is 53.1 Å². The summed E-state index contributed by atoms with van der Waals surface area (Å²) >= 11 is 3.24. The highest BCUT2D eigenvalue weighted by molar-refractivity contribution is 9.10. The Labute approximate surface area is 116 Å². The van der Waals surface area contributed by atoms with E-state index in [0.29, 0.717) is 10.2 Å². The van der Waals surface area contributed by atoms with Gasteiger partial charge < -0.3 is 0 Å². The highest BCUT2D eigenvalue weighted by atomic mass is 79.9. The van der Waals surface area contributed by atoms with Crippen LogP contribution in [0, 0.1) is 10.1 Å². The minimum absolute atomic E-state index is 0.0169. The first-order chi connectivity index (χ1) is 9.16. The van der Waals surface area contributed by atoms with Crippen LogP contribution in [0.4, 0.5) is 5.69 Å². The van der Waals surface area contributed by atoms with Crippen molar-refractivity contribution in [2.75, 3.05) is 0 Å². The largest absolute Gasteiger partial charge is 0.296 e. The van der Waals surface area contributed by atoms with E-state index in [1.165, 1.54) is 6.07 Å². The van der Waals surface area contributed by atoms with Crippen molar-refractivity contribution in [2.24, 2.45) is 0 Å². The maximum absolute atomic E-state index is 11.1. The lowest BCUT2D eigenvalue weighted by molar-refractivity contribution is -0.384. The summed E-state index contributed by atoms with van der Waals surface area (Å²) in [6.45, 7) is 0. The van der Waals surface area contributed by atoms with Gasteiger partial charge in [-0.2, -0.15) is 5.10 Å². The molecule has 0 bridgehead atoms. The summed E-state index contributed by atoms with van der Waals surface area (Å²) in [6.07, 6.45) is 1.70. The van der Waals surface area contributed by atoms with Gasteiger partial charge in [0.15, 0.2) is 0 Å². The molecule has 0 unspecified atom stereocenters. The first-order valence-corrected chi connectivity index (χ1v) is 6.33. The molecular formula is C13H8BrN3O2. The number of hydrogen-bond acceptors (Lipinski definition) is 3. The zero-order chi connectivity index (χ0) is 13.4. The van der Waals surface area contributed by atoms with E-state index in [2.05, 4.69) is 21.0 Å². The summed E-state index contributed by atoms with van der Waals surface area (Å²) in [5.41, 5.74) is 1.31. The maximum Gasteiger partial charge on any atom is 0.296 e. The molecule has 19 heavy (non-hydrogen) atoms. The van der Waals surface area contributed by atoms with Crippen LogP contribution in [0.5, 0.6) is 0 Å². The zero-order valence-electron chi connectivity index (χ0n) is 9.65. The Morgan fingerprint density at radius 1 is 1.21 bits per heavy atom. The van der Waals surface area contributed by atoms with E-state index in [-0.39, 0.29) is 5.69 Å². The summed E-state index contributed by atoms with van der Waals surface area (Å²) in [4.78, 5) is 10.7. The number of fused-ring (bicyclic) bond motifs is 1. The number of hydrogen-bond donors (Lipinski definition) is 0. The van der Waals surface area contributed by atoms with Gasteiger partial charge in [-0.25, -0.2) is 4.68 Å². The standard InChI is InChI=1S/C13H8BrN3O2/c14-10-5-6-12(13(7-10)17(18)19)16-11-4-2-1-3-9(11)8-15-16/h1-8H. The Kier molecular flexibility index (Phi) is 2.79. The predicted molar refractivity (Wildman–Crippen MR) is 75.4 cm³/mol. The fraction of sp³-hybridized carbons (Fsp3) is 0. The zero-order valence-corrected chi connectivity index (χ0v) is 11.2. The number of rotatable bonds is 2. The van der Waals surface area contributed by atoms with Gasteiger partial charge in [0.2, 0.25) is 0 Å². The van der Waals surface area contributed by atoms with Crippen molar-refractivity contribution in [1.82, 2.24) is 9.78 Å². The summed E-state index contributed by atoms with van der Waals surface area (Å²) in [5, 5.41) is 16.3. The molecule has 1 heterocycles. The van der Waals surface area contributed by atoms with Gasteiger partial charge in [0.1, 0.15) is 5.69 Å². The molecule has 1 aromatic heterocycles. The second kappa shape index (κ2) is 4.47. The number of nitro groups is 1. The van der Waals surface area contributed by atoms with Gasteiger partial charge in [-0.1, -0.05) is 34.1 Å². The third-order valence-electron chi connectivity index (χ3n) is 2.84. The van der Waals surface area contributed by atoms with Crippen molar-refractivity contribution in [3.05, 3.63) is 63.2 Å². The van der Waals surface area contributed by atoms with E-state index in [1.54, 1.807) is 23.0 Å². The van der Waals surface area contributed by atoms with Crippen molar-refractivity contribution < 1.29 is 4.92 Å². The summed E-state index contributed by atoms with van der Waals surface area (Å²) < 4.78 is 2.25. The average molecular weight is 318 g/mol. The molecule has 3 rings (SSSR count). The lowest BCUT2D eigenvalue weighted by Crippen LogP contribution is -2.01. The van der Waals surface area contributed by atoms with Crippen LogP contribution < -0.4 is 0 Å². The Balaban J connectivity index is 2.30. The second-order valence-corrected chi connectivity index (χ2v) is 4.92. The minimum Gasteiger partial charge on any atom is -0.258 e. The monoisotopic (exact) mass is 317 g/mol. The van der Waals surface area contributed by atoms with Gasteiger partial charge in [-0.05, 0) is 18.2 Å². The first-order valence-electron chi connectivity index (χ1n) is 5.54. The Morgan fingerprint density at radius 3 is 2.79 bits per heavy atom. The molecular weight excluding hydrogens is 310 g/mol. The van der Waals surface area contributed by atoms with Crippen LogP contribution >= 0.6 is 15.9 Å². The first kappa shape index (κ1) is 11.9. The predicted octanol–water partition coefficient (Wildman–Crippen LogP) is 3.70. The molecule has 0 aliphatic heterocycles. The normalized spacial score (nSPS) is 10.8. The van der Waals surface area contributed by atoms with Crippen LogP contribution in [-0.4, -0.2) is 14.7 Å². The van der Waals surface area contributed by atoms with Crippen LogP contribution in [0.2, 0.25) is 0 Å². The number of halogens is 1. The van der Waals surface area contributed by atoms with Gasteiger partial charge in [0, 0.05) is 15.9 Å². The summed E-state index contributed by atoms with van der Waals surface area (Å²) in [6, 6.07) is 12.5. The molecule has 0 fully saturated rings. The van der Waals surface area contributed by atoms with Crippen molar-refractivity contribution in [1.29, 1.82) is 0 Å². The van der Waals surface area contributed by atoms with Gasteiger partial charge >= 0.3 is 0 Å². The fourth-order valence-electron chi connectivity index (χ4n) is 1.99. The molecule has 5 nitrogen and oxygen atoms in total. The lowest BCUT2D eigenvalue weighted by Gasteiger charge is -2.05. The number of aromatic nitrogens is 2. The van der Waals surface area contributed by atoms with E-state index < -0.39 is 4.92 Å². The number of para-hydroxylation sites is 1. The van der Waals surface area contributed by atoms with Gasteiger partial charge in [-0.15, -0.1) is 0 Å². The molecule has 6 heteroatoms. The topological polar surface area (TPSA) is 61.0 Å². The SMILES string of the molecule is O=[N+]([O-])c1cc(Br)ccc1-n1ncc2ccccc21. The van der Waals surface area contributed by atoms with E-state index in [4.69, 9.17) is 0 Å². The second-order valence-electron chi connectivity index (χ2n) is 4.01. The molecule has 3 aromatic rings. The summed E-state index contributed by atoms with van der Waals surface area (Å²) in [7, 11) is 0. The highest BCUT2D eigenvalue weighted by Gasteiger charge is 2.17. The van der Waals surface area contributed by atoms with Crippen molar-refractivity contribution in [3.63, 3.8) is 0 Å². The number of nitro benzene ring substituents is 1. The molecule has 0 atom stereocenters. The Bertz CT molecular complexity index is 782. The van der Waals surface area contributed by atoms with E-state index >= 15 is 0 Å². The Morgan fingerprint density at radius 2 is 2.00 bits per heavy atom. The molecule has 0 amide bonds. The van der Waals surface area contributed by atoms with Crippen LogP contribution in [-0.2, 0) is 0 Å². The molecule has 2 aromatic carbocycles. The molecule has 0 N–H and O–H groups in total. The quantitative estimate of drug-likeness (QED) is 0.535. The molecule has 0 spiro atoms. The highest BCUT2D eigenvalue weighted by Crippen LogP contribution is 2.28. The van der Waals surface area contributed by atoms with Gasteiger partial charge in [-0.3, -0.25) is 10.1 Å². The Hall–Kier alpha value is -2.21. The summed E-state index contributed by atoms with van der Waals surface area (Å²) in [5.74, 6) is 0. The lowest BCUT2D eigenvalue weighted by atomic mass is 10.2. The smallest absolute Gasteiger partial charge is 0.258 e. The van der Waals surface area contributed by atoms with Crippen molar-refractivity contribution in [2.45, 2.75) is 0 Å². The van der Waals surface area contributed by atoms with E-state index in [1.807, 2.05) is 24.3 Å². The van der Waals surface area contributed by atoms with Crippen LogP contribution in [0.1, 0.15) is 0 Å². The third-order valence-corrected chi connectivity index (χ3v) is 3.33. The van der Waals surface area contributed by atoms with Gasteiger partial charge in [0.05, 0.1) is 16.6 Å². The molecule has 0 aliphatic rings. The molecule has 94 valence electrons.